The molecule has 0 bridgehead atoms. The van der Waals surface area contributed by atoms with Crippen molar-refractivity contribution in [3.05, 3.63) is 24.2 Å². The van der Waals surface area contributed by atoms with Crippen LogP contribution in [0.5, 0.6) is 0 Å². The molecule has 2 aliphatic carbocycles. The lowest BCUT2D eigenvalue weighted by atomic mass is 9.82. The molecule has 5 rings (SSSR count). The maximum absolute atomic E-state index is 13.3. The second-order valence-corrected chi connectivity index (χ2v) is 10.4. The molecule has 1 N–H and O–H groups in total. The third-order valence-corrected chi connectivity index (χ3v) is 7.87. The summed E-state index contributed by atoms with van der Waals surface area (Å²) in [6, 6.07) is 1.48. The van der Waals surface area contributed by atoms with E-state index < -0.39 is 6.04 Å². The number of nitrogens with zero attached hydrogens (tertiary/aromatic N) is 4. The molecule has 170 valence electrons. The molecule has 3 fully saturated rings. The molecular formula is C24H31N5O3. The van der Waals surface area contributed by atoms with Crippen LogP contribution in [0.15, 0.2) is 18.5 Å². The molecule has 0 aromatic carbocycles. The van der Waals surface area contributed by atoms with Gasteiger partial charge < -0.3 is 10.2 Å². The van der Waals surface area contributed by atoms with Gasteiger partial charge in [-0.25, -0.2) is 0 Å². The average Bonchev–Trinajstić information content (AvgIpc) is 3.08. The number of aromatic nitrogens is 3. The van der Waals surface area contributed by atoms with Crippen LogP contribution >= 0.6 is 0 Å². The molecule has 3 heterocycles. The summed E-state index contributed by atoms with van der Waals surface area (Å²) in [4.78, 5) is 44.3. The van der Waals surface area contributed by atoms with Crippen molar-refractivity contribution in [2.24, 2.45) is 17.3 Å². The topological polar surface area (TPSA) is 97.2 Å². The van der Waals surface area contributed by atoms with Crippen molar-refractivity contribution in [2.75, 3.05) is 6.54 Å². The Bertz CT molecular complexity index is 1090. The number of hydrogen-bond acceptors (Lipinski definition) is 5. The van der Waals surface area contributed by atoms with E-state index in [1.54, 1.807) is 28.0 Å². The number of fused-ring (bicyclic) bond motifs is 2. The first-order chi connectivity index (χ1) is 15.3. The molecule has 4 atom stereocenters. The predicted molar refractivity (Wildman–Crippen MR) is 119 cm³/mol. The average molecular weight is 438 g/mol. The van der Waals surface area contributed by atoms with E-state index in [2.05, 4.69) is 29.2 Å². The van der Waals surface area contributed by atoms with E-state index in [0.717, 1.165) is 19.3 Å². The molecular weight excluding hydrogens is 406 g/mol. The van der Waals surface area contributed by atoms with Crippen molar-refractivity contribution in [1.29, 1.82) is 0 Å². The highest BCUT2D eigenvalue weighted by Crippen LogP contribution is 2.48. The molecule has 1 aliphatic heterocycles. The van der Waals surface area contributed by atoms with Gasteiger partial charge in [0.1, 0.15) is 18.3 Å². The van der Waals surface area contributed by atoms with Crippen molar-refractivity contribution in [3.63, 3.8) is 0 Å². The Morgan fingerprint density at radius 3 is 2.78 bits per heavy atom. The monoisotopic (exact) mass is 437 g/mol. The summed E-state index contributed by atoms with van der Waals surface area (Å²) >= 11 is 0. The molecule has 2 aromatic rings. The van der Waals surface area contributed by atoms with Gasteiger partial charge in [0, 0.05) is 31.1 Å². The van der Waals surface area contributed by atoms with Crippen LogP contribution in [0.3, 0.4) is 0 Å². The first-order valence-corrected chi connectivity index (χ1v) is 11.7. The molecule has 2 amide bonds. The Balaban J connectivity index is 1.30. The van der Waals surface area contributed by atoms with Crippen LogP contribution in [0.2, 0.25) is 0 Å². The van der Waals surface area contributed by atoms with E-state index >= 15 is 0 Å². The summed E-state index contributed by atoms with van der Waals surface area (Å²) in [6.07, 6.45) is 8.48. The van der Waals surface area contributed by atoms with Crippen LogP contribution in [-0.4, -0.2) is 55.9 Å². The number of rotatable bonds is 6. The zero-order chi connectivity index (χ0) is 22.6. The molecule has 1 saturated heterocycles. The van der Waals surface area contributed by atoms with Crippen LogP contribution < -0.4 is 5.32 Å². The number of pyridine rings is 1. The molecule has 2 aromatic heterocycles. The summed E-state index contributed by atoms with van der Waals surface area (Å²) in [5, 5.41) is 8.24. The van der Waals surface area contributed by atoms with Gasteiger partial charge in [0.2, 0.25) is 11.8 Å². The summed E-state index contributed by atoms with van der Waals surface area (Å²) < 4.78 is 1.55. The minimum absolute atomic E-state index is 0.00186. The SMILES string of the molecule is CC(=O)c1nn(CC(=O)N2[C@@H]3C[C@@H]3C[C@H]2C(=O)NC[C@H]2CCCC2(C)C)c2cnccc12. The van der Waals surface area contributed by atoms with Gasteiger partial charge in [0.05, 0.1) is 11.7 Å². The van der Waals surface area contributed by atoms with Crippen molar-refractivity contribution in [1.82, 2.24) is 25.0 Å². The number of Topliss-reactive ketones (excluding diaryl/α,β-unsaturated/α-hetero) is 1. The van der Waals surface area contributed by atoms with E-state index in [1.165, 1.54) is 19.8 Å². The summed E-state index contributed by atoms with van der Waals surface area (Å²) in [5.74, 6) is 0.591. The summed E-state index contributed by atoms with van der Waals surface area (Å²) in [7, 11) is 0. The second-order valence-electron chi connectivity index (χ2n) is 10.4. The Kier molecular flexibility index (Phi) is 5.06. The van der Waals surface area contributed by atoms with Crippen LogP contribution in [0, 0.1) is 17.3 Å². The number of ketones is 1. The Morgan fingerprint density at radius 2 is 2.06 bits per heavy atom. The Hall–Kier alpha value is -2.77. The van der Waals surface area contributed by atoms with Crippen molar-refractivity contribution >= 4 is 28.5 Å². The summed E-state index contributed by atoms with van der Waals surface area (Å²) in [5.41, 5.74) is 1.25. The first kappa shape index (κ1) is 21.1. The number of carbonyl (C=O) groups excluding carboxylic acids is 3. The Morgan fingerprint density at radius 1 is 1.25 bits per heavy atom. The maximum Gasteiger partial charge on any atom is 0.245 e. The third kappa shape index (κ3) is 3.59. The largest absolute Gasteiger partial charge is 0.354 e. The number of nitrogens with one attached hydrogen (secondary N) is 1. The van der Waals surface area contributed by atoms with Crippen molar-refractivity contribution < 1.29 is 14.4 Å². The van der Waals surface area contributed by atoms with Crippen LogP contribution in [0.25, 0.3) is 10.9 Å². The lowest BCUT2D eigenvalue weighted by Crippen LogP contribution is -2.50. The van der Waals surface area contributed by atoms with Gasteiger partial charge in [-0.05, 0) is 49.0 Å². The highest BCUT2D eigenvalue weighted by atomic mass is 16.2. The quantitative estimate of drug-likeness (QED) is 0.701. The van der Waals surface area contributed by atoms with Gasteiger partial charge in [-0.2, -0.15) is 5.10 Å². The van der Waals surface area contributed by atoms with Crippen LogP contribution in [0.4, 0.5) is 0 Å². The van der Waals surface area contributed by atoms with Crippen molar-refractivity contribution in [2.45, 2.75) is 71.5 Å². The van der Waals surface area contributed by atoms with Gasteiger partial charge in [0.15, 0.2) is 5.78 Å². The molecule has 2 saturated carbocycles. The maximum atomic E-state index is 13.3. The van der Waals surface area contributed by atoms with Gasteiger partial charge in [-0.1, -0.05) is 20.3 Å². The van der Waals surface area contributed by atoms with Gasteiger partial charge in [-0.3, -0.25) is 24.0 Å². The normalized spacial score (nSPS) is 28.0. The highest BCUT2D eigenvalue weighted by molar-refractivity contribution is 6.04. The zero-order valence-corrected chi connectivity index (χ0v) is 19.0. The second kappa shape index (κ2) is 7.67. The number of amides is 2. The predicted octanol–water partition coefficient (Wildman–Crippen LogP) is 2.57. The van der Waals surface area contributed by atoms with E-state index in [1.807, 2.05) is 0 Å². The molecule has 3 aliphatic rings. The van der Waals surface area contributed by atoms with E-state index in [4.69, 9.17) is 0 Å². The lowest BCUT2D eigenvalue weighted by molar-refractivity contribution is -0.140. The third-order valence-electron chi connectivity index (χ3n) is 7.87. The minimum Gasteiger partial charge on any atom is -0.354 e. The first-order valence-electron chi connectivity index (χ1n) is 11.7. The molecule has 0 unspecified atom stereocenters. The number of carbonyl (C=O) groups is 3. The van der Waals surface area contributed by atoms with Crippen LogP contribution in [-0.2, 0) is 16.1 Å². The molecule has 32 heavy (non-hydrogen) atoms. The molecule has 0 radical (unpaired) electrons. The summed E-state index contributed by atoms with van der Waals surface area (Å²) in [6.45, 7) is 6.69. The van der Waals surface area contributed by atoms with Gasteiger partial charge in [-0.15, -0.1) is 0 Å². The molecule has 8 heteroatoms. The minimum atomic E-state index is -0.414. The standard InChI is InChI=1S/C24H31N5O3/c1-14(30)22-17-6-8-25-12-20(17)28(27-22)13-21(31)29-18-9-15(18)10-19(29)23(32)26-11-16-5-4-7-24(16,2)3/h6,8,12,15-16,18-19H,4-5,7,9-11,13H2,1-3H3,(H,26,32)/t15-,16-,18-,19+/m1/s1. The van der Waals surface area contributed by atoms with Gasteiger partial charge >= 0.3 is 0 Å². The fraction of sp³-hybridized carbons (Fsp3) is 0.625. The smallest absolute Gasteiger partial charge is 0.245 e. The highest BCUT2D eigenvalue weighted by Gasteiger charge is 2.56. The van der Waals surface area contributed by atoms with Crippen molar-refractivity contribution in [3.8, 4) is 0 Å². The van der Waals surface area contributed by atoms with Crippen LogP contribution in [0.1, 0.15) is 63.4 Å². The van der Waals surface area contributed by atoms with E-state index in [0.29, 0.717) is 35.0 Å². The van der Waals surface area contributed by atoms with E-state index in [-0.39, 0.29) is 35.6 Å². The fourth-order valence-corrected chi connectivity index (χ4v) is 5.78. The van der Waals surface area contributed by atoms with E-state index in [9.17, 15) is 14.4 Å². The molecule has 0 spiro atoms. The molecule has 8 nitrogen and oxygen atoms in total. The van der Waals surface area contributed by atoms with Gasteiger partial charge in [0.25, 0.3) is 0 Å². The lowest BCUT2D eigenvalue weighted by Gasteiger charge is -2.30. The Labute approximate surface area is 187 Å². The number of piperidine rings is 1. The number of likely N-dealkylation sites (tertiary alicyclic amines) is 1. The fourth-order valence-electron chi connectivity index (χ4n) is 5.78. The zero-order valence-electron chi connectivity index (χ0n) is 19.0. The number of hydrogen-bond donors (Lipinski definition) is 1.